The number of carbonyl (C=O) groups excluding carboxylic acids is 1. The second-order valence-corrected chi connectivity index (χ2v) is 7.42. The molecule has 0 radical (unpaired) electrons. The van der Waals surface area contributed by atoms with Crippen LogP contribution < -0.4 is 5.32 Å². The molecule has 0 aliphatic carbocycles. The maximum Gasteiger partial charge on any atom is 0.230 e. The number of aromatic nitrogens is 3. The number of carbonyl (C=O) groups is 1. The highest BCUT2D eigenvalue weighted by Crippen LogP contribution is 2.25. The molecule has 0 aliphatic heterocycles. The fourth-order valence-corrected chi connectivity index (χ4v) is 3.67. The molecule has 5 nitrogen and oxygen atoms in total. The summed E-state index contributed by atoms with van der Waals surface area (Å²) >= 11 is 7.34. The molecule has 0 bridgehead atoms. The SMILES string of the molecule is CCn1c(SCC(=O)NC(C)c2ccccc2)nnc1-c1ccc(Cl)cc1. The molecule has 0 aliphatic rings. The molecule has 3 rings (SSSR count). The minimum atomic E-state index is -0.0343. The number of halogens is 1. The number of amides is 1. The number of thioether (sulfide) groups is 1. The highest BCUT2D eigenvalue weighted by atomic mass is 35.5. The zero-order valence-corrected chi connectivity index (χ0v) is 16.8. The van der Waals surface area contributed by atoms with Gasteiger partial charge in [0.25, 0.3) is 0 Å². The van der Waals surface area contributed by atoms with Crippen LogP contribution in [0, 0.1) is 0 Å². The summed E-state index contributed by atoms with van der Waals surface area (Å²) in [5.41, 5.74) is 2.03. The summed E-state index contributed by atoms with van der Waals surface area (Å²) in [5.74, 6) is 1.03. The number of benzene rings is 2. The van der Waals surface area contributed by atoms with Gasteiger partial charge in [-0.1, -0.05) is 53.7 Å². The molecule has 140 valence electrons. The summed E-state index contributed by atoms with van der Waals surface area (Å²) in [5, 5.41) is 13.0. The Morgan fingerprint density at radius 3 is 2.52 bits per heavy atom. The lowest BCUT2D eigenvalue weighted by molar-refractivity contribution is -0.119. The normalized spacial score (nSPS) is 12.0. The van der Waals surface area contributed by atoms with Gasteiger partial charge in [-0.05, 0) is 43.7 Å². The molecule has 27 heavy (non-hydrogen) atoms. The number of nitrogens with one attached hydrogen (secondary N) is 1. The third-order valence-electron chi connectivity index (χ3n) is 4.14. The fourth-order valence-electron chi connectivity index (χ4n) is 2.73. The van der Waals surface area contributed by atoms with Crippen LogP contribution in [0.3, 0.4) is 0 Å². The van der Waals surface area contributed by atoms with Crippen molar-refractivity contribution < 1.29 is 4.79 Å². The van der Waals surface area contributed by atoms with Gasteiger partial charge in [-0.15, -0.1) is 10.2 Å². The highest BCUT2D eigenvalue weighted by molar-refractivity contribution is 7.99. The zero-order chi connectivity index (χ0) is 19.2. The van der Waals surface area contributed by atoms with Crippen molar-refractivity contribution in [3.63, 3.8) is 0 Å². The Morgan fingerprint density at radius 1 is 1.15 bits per heavy atom. The molecular formula is C20H21ClN4OS. The van der Waals surface area contributed by atoms with Gasteiger partial charge in [0.1, 0.15) is 0 Å². The van der Waals surface area contributed by atoms with Gasteiger partial charge in [0.2, 0.25) is 5.91 Å². The molecule has 0 fully saturated rings. The Kier molecular flexibility index (Phi) is 6.53. The van der Waals surface area contributed by atoms with Gasteiger partial charge in [0.05, 0.1) is 11.8 Å². The van der Waals surface area contributed by atoms with E-state index >= 15 is 0 Å². The van der Waals surface area contributed by atoms with E-state index in [1.54, 1.807) is 0 Å². The summed E-state index contributed by atoms with van der Waals surface area (Å²) < 4.78 is 2.00. The van der Waals surface area contributed by atoms with E-state index in [2.05, 4.69) is 15.5 Å². The molecule has 3 aromatic rings. The summed E-state index contributed by atoms with van der Waals surface area (Å²) in [6, 6.07) is 17.4. The molecular weight excluding hydrogens is 380 g/mol. The second kappa shape index (κ2) is 9.06. The highest BCUT2D eigenvalue weighted by Gasteiger charge is 2.15. The largest absolute Gasteiger partial charge is 0.349 e. The predicted molar refractivity (Wildman–Crippen MR) is 110 cm³/mol. The average molecular weight is 401 g/mol. The summed E-state index contributed by atoms with van der Waals surface area (Å²) in [4.78, 5) is 12.3. The minimum absolute atomic E-state index is 0.0324. The molecule has 1 aromatic heterocycles. The Morgan fingerprint density at radius 2 is 1.85 bits per heavy atom. The third-order valence-corrected chi connectivity index (χ3v) is 5.36. The van der Waals surface area contributed by atoms with E-state index in [1.807, 2.05) is 73.0 Å². The van der Waals surface area contributed by atoms with E-state index in [0.717, 1.165) is 28.7 Å². The first-order valence-electron chi connectivity index (χ1n) is 8.74. The topological polar surface area (TPSA) is 59.8 Å². The molecule has 2 aromatic carbocycles. The van der Waals surface area contributed by atoms with E-state index < -0.39 is 0 Å². The molecule has 1 unspecified atom stereocenters. The second-order valence-electron chi connectivity index (χ2n) is 6.05. The Labute approximate surface area is 168 Å². The Hall–Kier alpha value is -2.31. The van der Waals surface area contributed by atoms with Crippen LogP contribution in [0.4, 0.5) is 0 Å². The lowest BCUT2D eigenvalue weighted by Crippen LogP contribution is -2.28. The van der Waals surface area contributed by atoms with Gasteiger partial charge in [0.15, 0.2) is 11.0 Å². The number of nitrogens with zero attached hydrogens (tertiary/aromatic N) is 3. The molecule has 0 spiro atoms. The predicted octanol–water partition coefficient (Wildman–Crippen LogP) is 4.59. The maximum absolute atomic E-state index is 12.3. The van der Waals surface area contributed by atoms with Gasteiger partial charge < -0.3 is 9.88 Å². The van der Waals surface area contributed by atoms with Gasteiger partial charge in [-0.2, -0.15) is 0 Å². The van der Waals surface area contributed by atoms with Crippen LogP contribution in [0.2, 0.25) is 5.02 Å². The molecule has 1 heterocycles. The number of rotatable bonds is 7. The van der Waals surface area contributed by atoms with Gasteiger partial charge >= 0.3 is 0 Å². The standard InChI is InChI=1S/C20H21ClN4OS/c1-3-25-19(16-9-11-17(21)12-10-16)23-24-20(25)27-13-18(26)22-14(2)15-7-5-4-6-8-15/h4-12,14H,3,13H2,1-2H3,(H,22,26). The Balaban J connectivity index is 1.64. The van der Waals surface area contributed by atoms with Crippen LogP contribution in [0.1, 0.15) is 25.5 Å². The molecule has 1 N–H and O–H groups in total. The third kappa shape index (κ3) is 4.90. The van der Waals surface area contributed by atoms with Crippen LogP contribution in [-0.2, 0) is 11.3 Å². The van der Waals surface area contributed by atoms with E-state index in [1.165, 1.54) is 11.8 Å². The van der Waals surface area contributed by atoms with E-state index in [9.17, 15) is 4.79 Å². The van der Waals surface area contributed by atoms with Gasteiger partial charge in [-0.3, -0.25) is 4.79 Å². The Bertz CT molecular complexity index is 896. The first-order chi connectivity index (χ1) is 13.1. The summed E-state index contributed by atoms with van der Waals surface area (Å²) in [6.07, 6.45) is 0. The number of hydrogen-bond donors (Lipinski definition) is 1. The zero-order valence-electron chi connectivity index (χ0n) is 15.2. The minimum Gasteiger partial charge on any atom is -0.349 e. The average Bonchev–Trinajstić information content (AvgIpc) is 3.10. The summed E-state index contributed by atoms with van der Waals surface area (Å²) in [7, 11) is 0. The quantitative estimate of drug-likeness (QED) is 0.589. The van der Waals surface area contributed by atoms with Crippen LogP contribution in [-0.4, -0.2) is 26.4 Å². The van der Waals surface area contributed by atoms with Crippen LogP contribution >= 0.6 is 23.4 Å². The van der Waals surface area contributed by atoms with Crippen LogP contribution in [0.15, 0.2) is 59.8 Å². The van der Waals surface area contributed by atoms with Gasteiger partial charge in [0, 0.05) is 17.1 Å². The first-order valence-corrected chi connectivity index (χ1v) is 10.1. The van der Waals surface area contributed by atoms with Crippen LogP contribution in [0.25, 0.3) is 11.4 Å². The van der Waals surface area contributed by atoms with Gasteiger partial charge in [-0.25, -0.2) is 0 Å². The molecule has 1 atom stereocenters. The van der Waals surface area contributed by atoms with Crippen LogP contribution in [0.5, 0.6) is 0 Å². The smallest absolute Gasteiger partial charge is 0.230 e. The van der Waals surface area contributed by atoms with E-state index in [0.29, 0.717) is 5.02 Å². The molecule has 1 amide bonds. The lowest BCUT2D eigenvalue weighted by Gasteiger charge is -2.14. The van der Waals surface area contributed by atoms with Crippen molar-refractivity contribution in [1.82, 2.24) is 20.1 Å². The van der Waals surface area contributed by atoms with Crippen molar-refractivity contribution in [2.75, 3.05) is 5.75 Å². The van der Waals surface area contributed by atoms with Crippen molar-refractivity contribution in [3.05, 3.63) is 65.2 Å². The van der Waals surface area contributed by atoms with Crippen molar-refractivity contribution in [2.45, 2.75) is 31.6 Å². The van der Waals surface area contributed by atoms with Crippen molar-refractivity contribution in [2.24, 2.45) is 0 Å². The van der Waals surface area contributed by atoms with Crippen molar-refractivity contribution >= 4 is 29.3 Å². The van der Waals surface area contributed by atoms with E-state index in [-0.39, 0.29) is 17.7 Å². The lowest BCUT2D eigenvalue weighted by atomic mass is 10.1. The van der Waals surface area contributed by atoms with Crippen molar-refractivity contribution in [1.29, 1.82) is 0 Å². The maximum atomic E-state index is 12.3. The molecule has 0 saturated carbocycles. The van der Waals surface area contributed by atoms with E-state index in [4.69, 9.17) is 11.6 Å². The fraction of sp³-hybridized carbons (Fsp3) is 0.250. The monoisotopic (exact) mass is 400 g/mol. The summed E-state index contributed by atoms with van der Waals surface area (Å²) in [6.45, 7) is 4.73. The van der Waals surface area contributed by atoms with Crippen molar-refractivity contribution in [3.8, 4) is 11.4 Å². The number of hydrogen-bond acceptors (Lipinski definition) is 4. The molecule has 0 saturated heterocycles. The first kappa shape index (κ1) is 19.5. The molecule has 7 heteroatoms.